The molecule has 2 fully saturated rings. The summed E-state index contributed by atoms with van der Waals surface area (Å²) in [5, 5.41) is 13.0. The van der Waals surface area contributed by atoms with Crippen LogP contribution in [0.5, 0.6) is 0 Å². The normalized spacial score (nSPS) is 35.3. The van der Waals surface area contributed by atoms with Crippen LogP contribution in [-0.2, 0) is 4.79 Å². The molecule has 0 amide bonds. The molecule has 2 N–H and O–H groups in total. The number of likely N-dealkylation sites (tertiary alicyclic amines) is 1. The smallest absolute Gasteiger partial charge is 0.324 e. The zero-order valence-corrected chi connectivity index (χ0v) is 13.0. The van der Waals surface area contributed by atoms with Crippen molar-refractivity contribution in [2.45, 2.75) is 70.4 Å². The van der Waals surface area contributed by atoms with E-state index in [-0.39, 0.29) is 5.92 Å². The highest BCUT2D eigenvalue weighted by Gasteiger charge is 2.48. The van der Waals surface area contributed by atoms with Crippen LogP contribution in [0, 0.1) is 5.92 Å². The zero-order chi connectivity index (χ0) is 14.6. The zero-order valence-electron chi connectivity index (χ0n) is 13.0. The maximum absolute atomic E-state index is 11.8. The van der Waals surface area contributed by atoms with E-state index in [1.165, 1.54) is 25.8 Å². The minimum Gasteiger partial charge on any atom is -0.480 e. The molecular weight excluding hydrogens is 252 g/mol. The van der Waals surface area contributed by atoms with Gasteiger partial charge in [-0.1, -0.05) is 19.8 Å². The van der Waals surface area contributed by atoms with Gasteiger partial charge in [-0.25, -0.2) is 0 Å². The van der Waals surface area contributed by atoms with Crippen molar-refractivity contribution in [1.82, 2.24) is 10.2 Å². The quantitative estimate of drug-likeness (QED) is 0.786. The Kier molecular flexibility index (Phi) is 5.44. The molecule has 2 rings (SSSR count). The van der Waals surface area contributed by atoms with Crippen molar-refractivity contribution in [3.8, 4) is 0 Å². The van der Waals surface area contributed by atoms with E-state index in [9.17, 15) is 9.90 Å². The summed E-state index contributed by atoms with van der Waals surface area (Å²) in [7, 11) is 0. The fourth-order valence-electron chi connectivity index (χ4n) is 4.19. The van der Waals surface area contributed by atoms with Gasteiger partial charge in [-0.15, -0.1) is 0 Å². The molecule has 1 saturated carbocycles. The van der Waals surface area contributed by atoms with E-state index in [4.69, 9.17) is 0 Å². The number of likely N-dealkylation sites (N-methyl/N-ethyl adjacent to an activating group) is 1. The van der Waals surface area contributed by atoms with Gasteiger partial charge in [0.2, 0.25) is 0 Å². The van der Waals surface area contributed by atoms with Gasteiger partial charge in [0, 0.05) is 6.04 Å². The summed E-state index contributed by atoms with van der Waals surface area (Å²) in [6.45, 7) is 7.31. The summed E-state index contributed by atoms with van der Waals surface area (Å²) >= 11 is 0. The summed E-state index contributed by atoms with van der Waals surface area (Å²) in [6, 6.07) is 0.670. The van der Waals surface area contributed by atoms with E-state index in [1.54, 1.807) is 0 Å². The van der Waals surface area contributed by atoms with Gasteiger partial charge in [0.25, 0.3) is 0 Å². The number of carboxylic acid groups (broad SMARTS) is 1. The molecule has 3 unspecified atom stereocenters. The number of carbonyl (C=O) groups is 1. The standard InChI is InChI=1S/C16H30N2O2/c1-3-17-16(15(19)20)10-6-8-14(16)9-12-18-11-5-4-7-13(18)2/h13-14,17H,3-12H2,1-2H3,(H,19,20). The number of nitrogens with one attached hydrogen (secondary N) is 1. The average Bonchev–Trinajstić information content (AvgIpc) is 2.82. The molecule has 0 aromatic rings. The first-order valence-corrected chi connectivity index (χ1v) is 8.32. The fraction of sp³-hybridized carbons (Fsp3) is 0.938. The number of hydrogen-bond donors (Lipinski definition) is 2. The van der Waals surface area contributed by atoms with Crippen molar-refractivity contribution >= 4 is 5.97 Å². The van der Waals surface area contributed by atoms with Crippen LogP contribution < -0.4 is 5.32 Å². The molecule has 4 nitrogen and oxygen atoms in total. The number of aliphatic carboxylic acids is 1. The Morgan fingerprint density at radius 1 is 1.35 bits per heavy atom. The van der Waals surface area contributed by atoms with E-state index in [0.29, 0.717) is 6.04 Å². The van der Waals surface area contributed by atoms with E-state index in [2.05, 4.69) is 17.1 Å². The Morgan fingerprint density at radius 3 is 2.80 bits per heavy atom. The van der Waals surface area contributed by atoms with Crippen LogP contribution in [0.1, 0.15) is 58.8 Å². The second-order valence-corrected chi connectivity index (χ2v) is 6.57. The molecule has 0 aromatic heterocycles. The Hall–Kier alpha value is -0.610. The second kappa shape index (κ2) is 6.90. The SMILES string of the molecule is CCNC1(C(=O)O)CCCC1CCN1CCCCC1C. The third-order valence-corrected chi connectivity index (χ3v) is 5.40. The van der Waals surface area contributed by atoms with E-state index >= 15 is 0 Å². The first-order valence-electron chi connectivity index (χ1n) is 8.32. The molecule has 2 aliphatic rings. The third kappa shape index (κ3) is 3.17. The Balaban J connectivity index is 1.94. The molecule has 4 heteroatoms. The summed E-state index contributed by atoms with van der Waals surface area (Å²) < 4.78 is 0. The maximum Gasteiger partial charge on any atom is 0.324 e. The van der Waals surface area contributed by atoms with E-state index in [1.807, 2.05) is 6.92 Å². The monoisotopic (exact) mass is 282 g/mol. The minimum absolute atomic E-state index is 0.286. The van der Waals surface area contributed by atoms with Crippen LogP contribution in [0.3, 0.4) is 0 Å². The molecule has 0 aromatic carbocycles. The third-order valence-electron chi connectivity index (χ3n) is 5.40. The van der Waals surface area contributed by atoms with E-state index in [0.717, 1.165) is 38.8 Å². The lowest BCUT2D eigenvalue weighted by molar-refractivity contribution is -0.146. The first kappa shape index (κ1) is 15.8. The van der Waals surface area contributed by atoms with Crippen molar-refractivity contribution in [3.63, 3.8) is 0 Å². The van der Waals surface area contributed by atoms with E-state index < -0.39 is 11.5 Å². The average molecular weight is 282 g/mol. The van der Waals surface area contributed by atoms with Crippen LogP contribution in [0.4, 0.5) is 0 Å². The van der Waals surface area contributed by atoms with Gasteiger partial charge in [0.1, 0.15) is 5.54 Å². The topological polar surface area (TPSA) is 52.6 Å². The predicted molar refractivity (Wildman–Crippen MR) is 80.9 cm³/mol. The van der Waals surface area contributed by atoms with Gasteiger partial charge in [-0.3, -0.25) is 4.79 Å². The summed E-state index contributed by atoms with van der Waals surface area (Å²) in [5.41, 5.74) is -0.659. The summed E-state index contributed by atoms with van der Waals surface area (Å²) in [6.07, 6.45) is 7.84. The van der Waals surface area contributed by atoms with Crippen molar-refractivity contribution in [1.29, 1.82) is 0 Å². The molecule has 1 aliphatic heterocycles. The van der Waals surface area contributed by atoms with Crippen molar-refractivity contribution < 1.29 is 9.90 Å². The number of nitrogens with zero attached hydrogens (tertiary/aromatic N) is 1. The van der Waals surface area contributed by atoms with Gasteiger partial charge < -0.3 is 15.3 Å². The Morgan fingerprint density at radius 2 is 2.15 bits per heavy atom. The highest BCUT2D eigenvalue weighted by molar-refractivity contribution is 5.79. The van der Waals surface area contributed by atoms with Gasteiger partial charge in [-0.2, -0.15) is 0 Å². The van der Waals surface area contributed by atoms with Gasteiger partial charge in [-0.05, 0) is 64.6 Å². The van der Waals surface area contributed by atoms with Crippen LogP contribution in [0.25, 0.3) is 0 Å². The highest BCUT2D eigenvalue weighted by Crippen LogP contribution is 2.38. The molecular formula is C16H30N2O2. The number of piperidine rings is 1. The predicted octanol–water partition coefficient (Wildman–Crippen LogP) is 2.48. The molecule has 20 heavy (non-hydrogen) atoms. The molecule has 1 saturated heterocycles. The summed E-state index contributed by atoms with van der Waals surface area (Å²) in [5.74, 6) is -0.359. The van der Waals surface area contributed by atoms with Crippen LogP contribution in [-0.4, -0.2) is 47.2 Å². The molecule has 1 heterocycles. The number of rotatable bonds is 6. The van der Waals surface area contributed by atoms with Gasteiger partial charge >= 0.3 is 5.97 Å². The second-order valence-electron chi connectivity index (χ2n) is 6.57. The van der Waals surface area contributed by atoms with Crippen molar-refractivity contribution in [2.75, 3.05) is 19.6 Å². The lowest BCUT2D eigenvalue weighted by atomic mass is 9.84. The lowest BCUT2D eigenvalue weighted by Crippen LogP contribution is -2.55. The molecule has 3 atom stereocenters. The minimum atomic E-state index is -0.659. The van der Waals surface area contributed by atoms with Crippen LogP contribution >= 0.6 is 0 Å². The van der Waals surface area contributed by atoms with Gasteiger partial charge in [0.05, 0.1) is 0 Å². The molecule has 116 valence electrons. The highest BCUT2D eigenvalue weighted by atomic mass is 16.4. The summed E-state index contributed by atoms with van der Waals surface area (Å²) in [4.78, 5) is 14.3. The Labute approximate surface area is 122 Å². The van der Waals surface area contributed by atoms with Crippen molar-refractivity contribution in [2.24, 2.45) is 5.92 Å². The van der Waals surface area contributed by atoms with Crippen molar-refractivity contribution in [3.05, 3.63) is 0 Å². The molecule has 0 bridgehead atoms. The first-order chi connectivity index (χ1) is 9.60. The molecule has 0 spiro atoms. The largest absolute Gasteiger partial charge is 0.480 e. The molecule has 0 radical (unpaired) electrons. The van der Waals surface area contributed by atoms with Crippen LogP contribution in [0.15, 0.2) is 0 Å². The van der Waals surface area contributed by atoms with Gasteiger partial charge in [0.15, 0.2) is 0 Å². The number of hydrogen-bond acceptors (Lipinski definition) is 3. The fourth-order valence-corrected chi connectivity index (χ4v) is 4.19. The Bertz CT molecular complexity index is 334. The lowest BCUT2D eigenvalue weighted by Gasteiger charge is -2.37. The van der Waals surface area contributed by atoms with Crippen LogP contribution in [0.2, 0.25) is 0 Å². The maximum atomic E-state index is 11.8. The molecule has 1 aliphatic carbocycles. The number of carboxylic acids is 1.